The molecule has 0 rings (SSSR count). The lowest BCUT2D eigenvalue weighted by Crippen LogP contribution is -2.05. The van der Waals surface area contributed by atoms with Crippen molar-refractivity contribution >= 4 is 0 Å². The molecular formula is C22H33N. The van der Waals surface area contributed by atoms with Crippen LogP contribution in [0, 0.1) is 16.7 Å². The molecule has 0 N–H and O–H groups in total. The normalized spacial score (nSPS) is 13.7. The molecule has 0 saturated heterocycles. The van der Waals surface area contributed by atoms with Crippen LogP contribution >= 0.6 is 0 Å². The van der Waals surface area contributed by atoms with Crippen molar-refractivity contribution in [3.63, 3.8) is 0 Å². The molecule has 0 heterocycles. The van der Waals surface area contributed by atoms with Gasteiger partial charge in [0.25, 0.3) is 0 Å². The van der Waals surface area contributed by atoms with Crippen LogP contribution < -0.4 is 0 Å². The van der Waals surface area contributed by atoms with Crippen molar-refractivity contribution in [3.05, 3.63) is 59.3 Å². The molecule has 1 heteroatoms. The molecule has 0 atom stereocenters. The number of rotatable bonds is 8. The van der Waals surface area contributed by atoms with E-state index in [1.54, 1.807) is 0 Å². The van der Waals surface area contributed by atoms with Crippen molar-refractivity contribution in [1.29, 1.82) is 5.26 Å². The van der Waals surface area contributed by atoms with Gasteiger partial charge in [-0.05, 0) is 63.0 Å². The van der Waals surface area contributed by atoms with E-state index in [0.29, 0.717) is 0 Å². The summed E-state index contributed by atoms with van der Waals surface area (Å²) in [4.78, 5) is 0. The summed E-state index contributed by atoms with van der Waals surface area (Å²) in [5, 5.41) is 9.44. The molecule has 0 bridgehead atoms. The first-order valence-corrected chi connectivity index (χ1v) is 8.37. The zero-order valence-electron chi connectivity index (χ0n) is 15.9. The van der Waals surface area contributed by atoms with Crippen molar-refractivity contribution in [3.8, 4) is 6.07 Å². The van der Waals surface area contributed by atoms with Crippen LogP contribution in [0.2, 0.25) is 0 Å². The zero-order chi connectivity index (χ0) is 18.0. The first-order valence-electron chi connectivity index (χ1n) is 8.37. The van der Waals surface area contributed by atoms with Gasteiger partial charge in [-0.25, -0.2) is 0 Å². The SMILES string of the molecule is C=C(CCCC(=C)/C(C#N)=C(C)/C=C(C)\C=C/C)CC(C)(C)C. The molecule has 0 aromatic rings. The molecule has 0 radical (unpaired) electrons. The van der Waals surface area contributed by atoms with Crippen molar-refractivity contribution in [2.45, 2.75) is 67.2 Å². The summed E-state index contributed by atoms with van der Waals surface area (Å²) < 4.78 is 0. The minimum Gasteiger partial charge on any atom is -0.192 e. The van der Waals surface area contributed by atoms with E-state index >= 15 is 0 Å². The molecule has 1 nitrogen and oxygen atoms in total. The lowest BCUT2D eigenvalue weighted by molar-refractivity contribution is 0.403. The fourth-order valence-electron chi connectivity index (χ4n) is 2.69. The third-order valence-electron chi connectivity index (χ3n) is 3.52. The molecule has 0 spiro atoms. The van der Waals surface area contributed by atoms with Gasteiger partial charge >= 0.3 is 0 Å². The van der Waals surface area contributed by atoms with Gasteiger partial charge in [0.05, 0.1) is 11.6 Å². The Bertz CT molecular complexity index is 554. The van der Waals surface area contributed by atoms with Crippen LogP contribution in [-0.4, -0.2) is 0 Å². The molecule has 0 aliphatic heterocycles. The van der Waals surface area contributed by atoms with E-state index in [-0.39, 0.29) is 5.41 Å². The summed E-state index contributed by atoms with van der Waals surface area (Å²) in [5.74, 6) is 0. The van der Waals surface area contributed by atoms with Gasteiger partial charge in [0.1, 0.15) is 0 Å². The topological polar surface area (TPSA) is 23.8 Å². The molecule has 0 saturated carbocycles. The van der Waals surface area contributed by atoms with Gasteiger partial charge in [0, 0.05) is 0 Å². The van der Waals surface area contributed by atoms with E-state index in [4.69, 9.17) is 0 Å². The van der Waals surface area contributed by atoms with Gasteiger partial charge in [-0.3, -0.25) is 0 Å². The molecule has 0 aromatic heterocycles. The largest absolute Gasteiger partial charge is 0.192 e. The van der Waals surface area contributed by atoms with Crippen LogP contribution in [0.1, 0.15) is 67.2 Å². The predicted octanol–water partition coefficient (Wildman–Crippen LogP) is 7.07. The average Bonchev–Trinajstić information content (AvgIpc) is 2.37. The maximum Gasteiger partial charge on any atom is 0.0997 e. The van der Waals surface area contributed by atoms with Crippen LogP contribution in [-0.2, 0) is 0 Å². The first-order chi connectivity index (χ1) is 10.6. The van der Waals surface area contributed by atoms with E-state index < -0.39 is 0 Å². The summed E-state index contributed by atoms with van der Waals surface area (Å²) in [6.45, 7) is 21.0. The lowest BCUT2D eigenvalue weighted by atomic mass is 9.86. The maximum atomic E-state index is 9.44. The van der Waals surface area contributed by atoms with E-state index in [2.05, 4.69) is 40.0 Å². The Kier molecular flexibility index (Phi) is 9.27. The van der Waals surface area contributed by atoms with Crippen molar-refractivity contribution in [2.75, 3.05) is 0 Å². The Morgan fingerprint density at radius 1 is 1.13 bits per heavy atom. The molecule has 0 unspecified atom stereocenters. The van der Waals surface area contributed by atoms with E-state index in [1.807, 2.05) is 39.0 Å². The van der Waals surface area contributed by atoms with Gasteiger partial charge in [-0.2, -0.15) is 5.26 Å². The van der Waals surface area contributed by atoms with E-state index in [9.17, 15) is 5.26 Å². The number of hydrogen-bond donors (Lipinski definition) is 0. The van der Waals surface area contributed by atoms with Gasteiger partial charge in [-0.1, -0.05) is 63.3 Å². The predicted molar refractivity (Wildman–Crippen MR) is 103 cm³/mol. The zero-order valence-corrected chi connectivity index (χ0v) is 15.9. The molecular weight excluding hydrogens is 278 g/mol. The Morgan fingerprint density at radius 2 is 1.74 bits per heavy atom. The minimum atomic E-state index is 0.289. The minimum absolute atomic E-state index is 0.289. The lowest BCUT2D eigenvalue weighted by Gasteiger charge is -2.19. The van der Waals surface area contributed by atoms with Gasteiger partial charge < -0.3 is 0 Å². The first kappa shape index (κ1) is 21.2. The molecule has 0 fully saturated rings. The Labute approximate surface area is 143 Å². The second-order valence-corrected chi connectivity index (χ2v) is 7.50. The molecule has 23 heavy (non-hydrogen) atoms. The van der Waals surface area contributed by atoms with Gasteiger partial charge in [0.2, 0.25) is 0 Å². The third kappa shape index (κ3) is 9.74. The second kappa shape index (κ2) is 10.1. The molecule has 0 amide bonds. The fraction of sp³-hybridized carbons (Fsp3) is 0.500. The number of hydrogen-bond acceptors (Lipinski definition) is 1. The van der Waals surface area contributed by atoms with Crippen molar-refractivity contribution in [2.24, 2.45) is 5.41 Å². The highest BCUT2D eigenvalue weighted by Gasteiger charge is 2.12. The van der Waals surface area contributed by atoms with Crippen LogP contribution in [0.15, 0.2) is 59.3 Å². The van der Waals surface area contributed by atoms with Crippen LogP contribution in [0.25, 0.3) is 0 Å². The Morgan fingerprint density at radius 3 is 2.22 bits per heavy atom. The van der Waals surface area contributed by atoms with Crippen LogP contribution in [0.4, 0.5) is 0 Å². The van der Waals surface area contributed by atoms with Crippen LogP contribution in [0.3, 0.4) is 0 Å². The summed E-state index contributed by atoms with van der Waals surface area (Å²) in [7, 11) is 0. The van der Waals surface area contributed by atoms with E-state index in [0.717, 1.165) is 48.0 Å². The monoisotopic (exact) mass is 311 g/mol. The van der Waals surface area contributed by atoms with Crippen molar-refractivity contribution < 1.29 is 0 Å². The average molecular weight is 312 g/mol. The summed E-state index contributed by atoms with van der Waals surface area (Å²) in [6.07, 6.45) is 9.98. The summed E-state index contributed by atoms with van der Waals surface area (Å²) >= 11 is 0. The molecule has 126 valence electrons. The standard InChI is InChI=1S/C22H33N/c1-9-11-17(2)14-20(5)21(16-23)19(4)13-10-12-18(3)15-22(6,7)8/h9,11,14H,3-4,10,12-13,15H2,1-2,5-8H3/b11-9-,17-14-,21-20+. The van der Waals surface area contributed by atoms with Gasteiger partial charge in [0.15, 0.2) is 0 Å². The molecule has 0 aliphatic rings. The number of allylic oxidation sites excluding steroid dienone is 8. The highest BCUT2D eigenvalue weighted by molar-refractivity contribution is 5.48. The third-order valence-corrected chi connectivity index (χ3v) is 3.52. The van der Waals surface area contributed by atoms with Crippen LogP contribution in [0.5, 0.6) is 0 Å². The highest BCUT2D eigenvalue weighted by Crippen LogP contribution is 2.27. The number of nitrogens with zero attached hydrogens (tertiary/aromatic N) is 1. The fourth-order valence-corrected chi connectivity index (χ4v) is 2.69. The highest BCUT2D eigenvalue weighted by atomic mass is 14.3. The quantitative estimate of drug-likeness (QED) is 0.267. The maximum absolute atomic E-state index is 9.44. The van der Waals surface area contributed by atoms with E-state index in [1.165, 1.54) is 5.57 Å². The number of nitriles is 1. The van der Waals surface area contributed by atoms with Gasteiger partial charge in [-0.15, -0.1) is 0 Å². The van der Waals surface area contributed by atoms with Crippen molar-refractivity contribution in [1.82, 2.24) is 0 Å². The molecule has 0 aromatic carbocycles. The Hall–Kier alpha value is -1.81. The Balaban J connectivity index is 4.73. The summed E-state index contributed by atoms with van der Waals surface area (Å²) in [5.41, 5.74) is 5.35. The molecule has 0 aliphatic carbocycles. The summed E-state index contributed by atoms with van der Waals surface area (Å²) in [6, 6.07) is 2.31. The second-order valence-electron chi connectivity index (χ2n) is 7.50. The smallest absolute Gasteiger partial charge is 0.0997 e.